The number of rotatable bonds is 7. The number of Topliss-reactive ketones (excluding diaryl/α,β-unsaturated/α-hetero) is 1. The van der Waals surface area contributed by atoms with Crippen LogP contribution in [-0.2, 0) is 0 Å². The van der Waals surface area contributed by atoms with Crippen molar-refractivity contribution in [3.05, 3.63) is 95.0 Å². The second-order valence-electron chi connectivity index (χ2n) is 6.58. The van der Waals surface area contributed by atoms with E-state index in [9.17, 15) is 9.59 Å². The lowest BCUT2D eigenvalue weighted by molar-refractivity contribution is 0.102. The first-order chi connectivity index (χ1) is 14.7. The van der Waals surface area contributed by atoms with Gasteiger partial charge in [-0.25, -0.2) is 4.98 Å². The molecule has 4 aromatic rings. The number of thioether (sulfide) groups is 1. The van der Waals surface area contributed by atoms with Crippen LogP contribution in [0.25, 0.3) is 16.5 Å². The van der Waals surface area contributed by atoms with Crippen molar-refractivity contribution < 1.29 is 9.53 Å². The minimum atomic E-state index is -0.238. The van der Waals surface area contributed by atoms with Crippen LogP contribution in [0.5, 0.6) is 5.75 Å². The third-order valence-electron chi connectivity index (χ3n) is 4.66. The average molecular weight is 417 g/mol. The fourth-order valence-electron chi connectivity index (χ4n) is 3.22. The van der Waals surface area contributed by atoms with E-state index in [-0.39, 0.29) is 17.1 Å². The van der Waals surface area contributed by atoms with Crippen LogP contribution in [-0.4, -0.2) is 27.7 Å². The normalized spacial score (nSPS) is 10.8. The number of ether oxygens (including phenoxy) is 1. The fraction of sp³-hybridized carbons (Fsp3) is 0.125. The second kappa shape index (κ2) is 8.97. The molecule has 5 nitrogen and oxygen atoms in total. The number of carbonyl (C=O) groups excluding carboxylic acids is 1. The summed E-state index contributed by atoms with van der Waals surface area (Å²) in [4.78, 5) is 29.8. The summed E-state index contributed by atoms with van der Waals surface area (Å²) in [5, 5.41) is 2.33. The summed E-state index contributed by atoms with van der Waals surface area (Å²) in [6.45, 7) is 2.49. The molecule has 6 heteroatoms. The van der Waals surface area contributed by atoms with E-state index in [1.54, 1.807) is 41.2 Å². The van der Waals surface area contributed by atoms with Crippen molar-refractivity contribution in [1.29, 1.82) is 0 Å². The van der Waals surface area contributed by atoms with Gasteiger partial charge in [0.1, 0.15) is 5.75 Å². The number of nitrogens with zero attached hydrogens (tertiary/aromatic N) is 2. The lowest BCUT2D eigenvalue weighted by Crippen LogP contribution is -2.21. The predicted octanol–water partition coefficient (Wildman–Crippen LogP) is 4.76. The molecule has 1 aromatic heterocycles. The van der Waals surface area contributed by atoms with Crippen molar-refractivity contribution in [3.63, 3.8) is 0 Å². The standard InChI is InChI=1S/C24H20N2O3S/c1-2-29-19-12-10-18(11-13-19)22(27)16-30-23-24(28)26(15-14-25-23)21-9-5-7-17-6-3-4-8-20(17)21/h3-15H,2,16H2,1H3. The molecule has 0 unspecified atom stereocenters. The van der Waals surface area contributed by atoms with Gasteiger partial charge in [-0.15, -0.1) is 0 Å². The van der Waals surface area contributed by atoms with Gasteiger partial charge in [-0.2, -0.15) is 0 Å². The molecule has 0 fully saturated rings. The first-order valence-electron chi connectivity index (χ1n) is 9.62. The van der Waals surface area contributed by atoms with Gasteiger partial charge in [-0.3, -0.25) is 14.2 Å². The average Bonchev–Trinajstić information content (AvgIpc) is 2.79. The topological polar surface area (TPSA) is 61.2 Å². The first kappa shape index (κ1) is 19.9. The molecular weight excluding hydrogens is 396 g/mol. The highest BCUT2D eigenvalue weighted by molar-refractivity contribution is 7.99. The Morgan fingerprint density at radius 2 is 1.80 bits per heavy atom. The van der Waals surface area contributed by atoms with E-state index in [1.807, 2.05) is 49.4 Å². The Labute approximate surface area is 178 Å². The van der Waals surface area contributed by atoms with Crippen LogP contribution in [0.4, 0.5) is 0 Å². The van der Waals surface area contributed by atoms with E-state index in [1.165, 1.54) is 0 Å². The van der Waals surface area contributed by atoms with Gasteiger partial charge in [-0.05, 0) is 42.6 Å². The van der Waals surface area contributed by atoms with Crippen LogP contribution >= 0.6 is 11.8 Å². The van der Waals surface area contributed by atoms with Crippen LogP contribution in [0.3, 0.4) is 0 Å². The van der Waals surface area contributed by atoms with Gasteiger partial charge < -0.3 is 4.74 Å². The van der Waals surface area contributed by atoms with Crippen LogP contribution in [0.1, 0.15) is 17.3 Å². The lowest BCUT2D eigenvalue weighted by atomic mass is 10.1. The predicted molar refractivity (Wildman–Crippen MR) is 120 cm³/mol. The minimum absolute atomic E-state index is 0.0650. The van der Waals surface area contributed by atoms with Crippen LogP contribution in [0.2, 0.25) is 0 Å². The fourth-order valence-corrected chi connectivity index (χ4v) is 4.01. The maximum atomic E-state index is 13.0. The molecule has 1 heterocycles. The zero-order valence-electron chi connectivity index (χ0n) is 16.4. The molecule has 0 N–H and O–H groups in total. The van der Waals surface area contributed by atoms with Crippen molar-refractivity contribution in [1.82, 2.24) is 9.55 Å². The Morgan fingerprint density at radius 3 is 2.60 bits per heavy atom. The van der Waals surface area contributed by atoms with Gasteiger partial charge in [-0.1, -0.05) is 48.2 Å². The first-order valence-corrected chi connectivity index (χ1v) is 10.6. The Hall–Kier alpha value is -3.38. The molecule has 30 heavy (non-hydrogen) atoms. The van der Waals surface area contributed by atoms with Crippen molar-refractivity contribution in [2.75, 3.05) is 12.4 Å². The molecule has 0 bridgehead atoms. The molecule has 0 aliphatic carbocycles. The SMILES string of the molecule is CCOc1ccc(C(=O)CSc2nccn(-c3cccc4ccccc34)c2=O)cc1. The number of carbonyl (C=O) groups is 1. The Bertz CT molecular complexity index is 1240. The molecule has 4 rings (SSSR count). The van der Waals surface area contributed by atoms with Gasteiger partial charge in [0.15, 0.2) is 10.8 Å². The van der Waals surface area contributed by atoms with Crippen LogP contribution < -0.4 is 10.3 Å². The monoisotopic (exact) mass is 416 g/mol. The highest BCUT2D eigenvalue weighted by atomic mass is 32.2. The molecule has 0 atom stereocenters. The summed E-state index contributed by atoms with van der Waals surface area (Å²) >= 11 is 1.15. The van der Waals surface area contributed by atoms with Gasteiger partial charge >= 0.3 is 0 Å². The molecule has 150 valence electrons. The molecule has 0 aliphatic rings. The van der Waals surface area contributed by atoms with Crippen molar-refractivity contribution in [3.8, 4) is 11.4 Å². The number of fused-ring (bicyclic) bond motifs is 1. The van der Waals surface area contributed by atoms with E-state index in [4.69, 9.17) is 4.74 Å². The Kier molecular flexibility index (Phi) is 5.95. The van der Waals surface area contributed by atoms with Crippen LogP contribution in [0, 0.1) is 0 Å². The number of ketones is 1. The van der Waals surface area contributed by atoms with Crippen molar-refractivity contribution >= 4 is 28.3 Å². The summed E-state index contributed by atoms with van der Waals surface area (Å²) in [6, 6.07) is 20.8. The highest BCUT2D eigenvalue weighted by Gasteiger charge is 2.13. The summed E-state index contributed by atoms with van der Waals surface area (Å²) in [5.41, 5.74) is 1.13. The van der Waals surface area contributed by atoms with E-state index < -0.39 is 0 Å². The highest BCUT2D eigenvalue weighted by Crippen LogP contribution is 2.22. The lowest BCUT2D eigenvalue weighted by Gasteiger charge is -2.10. The smallest absolute Gasteiger partial charge is 0.287 e. The van der Waals surface area contributed by atoms with E-state index in [2.05, 4.69) is 4.98 Å². The molecule has 0 radical (unpaired) electrons. The third-order valence-corrected chi connectivity index (χ3v) is 5.62. The van der Waals surface area contributed by atoms with Crippen molar-refractivity contribution in [2.45, 2.75) is 11.9 Å². The van der Waals surface area contributed by atoms with Gasteiger partial charge in [0, 0.05) is 23.3 Å². The van der Waals surface area contributed by atoms with Gasteiger partial charge in [0.2, 0.25) is 0 Å². The second-order valence-corrected chi connectivity index (χ2v) is 7.54. The van der Waals surface area contributed by atoms with E-state index >= 15 is 0 Å². The Morgan fingerprint density at radius 1 is 1.03 bits per heavy atom. The molecule has 0 aliphatic heterocycles. The molecule has 0 spiro atoms. The molecule has 0 saturated carbocycles. The van der Waals surface area contributed by atoms with Crippen LogP contribution in [0.15, 0.2) is 88.9 Å². The zero-order valence-corrected chi connectivity index (χ0v) is 17.3. The molecule has 0 saturated heterocycles. The Balaban J connectivity index is 1.56. The van der Waals surface area contributed by atoms with E-state index in [0.29, 0.717) is 17.2 Å². The summed E-state index contributed by atoms with van der Waals surface area (Å²) in [7, 11) is 0. The van der Waals surface area contributed by atoms with E-state index in [0.717, 1.165) is 34.0 Å². The largest absolute Gasteiger partial charge is 0.494 e. The number of hydrogen-bond donors (Lipinski definition) is 0. The number of aromatic nitrogens is 2. The zero-order chi connectivity index (χ0) is 20.9. The molecule has 3 aromatic carbocycles. The quantitative estimate of drug-likeness (QED) is 0.321. The summed E-state index contributed by atoms with van der Waals surface area (Å²) in [6.07, 6.45) is 3.25. The van der Waals surface area contributed by atoms with Gasteiger partial charge in [0.05, 0.1) is 18.0 Å². The summed E-state index contributed by atoms with van der Waals surface area (Å²) < 4.78 is 6.98. The minimum Gasteiger partial charge on any atom is -0.494 e. The number of hydrogen-bond acceptors (Lipinski definition) is 5. The summed E-state index contributed by atoms with van der Waals surface area (Å²) in [5.74, 6) is 0.796. The van der Waals surface area contributed by atoms with Gasteiger partial charge in [0.25, 0.3) is 5.56 Å². The molecular formula is C24H20N2O3S. The molecule has 0 amide bonds. The number of benzene rings is 3. The maximum absolute atomic E-state index is 13.0. The third kappa shape index (κ3) is 4.14. The van der Waals surface area contributed by atoms with Crippen molar-refractivity contribution in [2.24, 2.45) is 0 Å². The maximum Gasteiger partial charge on any atom is 0.287 e.